The van der Waals surface area contributed by atoms with E-state index in [-0.39, 0.29) is 5.91 Å². The van der Waals surface area contributed by atoms with Crippen LogP contribution >= 0.6 is 0 Å². The average Bonchev–Trinajstić information content (AvgIpc) is 3.16. The molecule has 2 heterocycles. The molecule has 0 N–H and O–H groups in total. The quantitative estimate of drug-likeness (QED) is 0.698. The SMILES string of the molecule is COCCN1CCN(C(=O)c2ccc(-n3cnc4ccccc43)cc2)CC1. The summed E-state index contributed by atoms with van der Waals surface area (Å²) in [7, 11) is 1.72. The van der Waals surface area contributed by atoms with Crippen molar-refractivity contribution in [1.29, 1.82) is 0 Å². The molecule has 0 saturated carbocycles. The molecule has 6 heteroatoms. The van der Waals surface area contributed by atoms with Gasteiger partial charge in [-0.1, -0.05) is 12.1 Å². The van der Waals surface area contributed by atoms with E-state index in [1.807, 2.05) is 64.3 Å². The minimum atomic E-state index is 0.100. The van der Waals surface area contributed by atoms with Crippen molar-refractivity contribution in [1.82, 2.24) is 19.4 Å². The van der Waals surface area contributed by atoms with Gasteiger partial charge in [0.2, 0.25) is 0 Å². The molecule has 2 aromatic carbocycles. The lowest BCUT2D eigenvalue weighted by Crippen LogP contribution is -2.49. The number of hydrogen-bond acceptors (Lipinski definition) is 4. The molecular weight excluding hydrogens is 340 g/mol. The lowest BCUT2D eigenvalue weighted by atomic mass is 10.1. The van der Waals surface area contributed by atoms with Crippen LogP contribution in [0.15, 0.2) is 54.9 Å². The number of rotatable bonds is 5. The number of ether oxygens (including phenoxy) is 1. The molecule has 3 aromatic rings. The molecule has 1 aliphatic heterocycles. The highest BCUT2D eigenvalue weighted by molar-refractivity contribution is 5.94. The Bertz CT molecular complexity index is 911. The van der Waals surface area contributed by atoms with Gasteiger partial charge in [0.25, 0.3) is 5.91 Å². The van der Waals surface area contributed by atoms with Gasteiger partial charge in [0.1, 0.15) is 6.33 Å². The Morgan fingerprint density at radius 3 is 2.52 bits per heavy atom. The normalized spacial score (nSPS) is 15.4. The molecule has 4 rings (SSSR count). The van der Waals surface area contributed by atoms with Crippen LogP contribution in [-0.2, 0) is 4.74 Å². The molecule has 1 aromatic heterocycles. The van der Waals surface area contributed by atoms with E-state index in [2.05, 4.69) is 9.88 Å². The first-order valence-electron chi connectivity index (χ1n) is 9.29. The van der Waals surface area contributed by atoms with E-state index in [9.17, 15) is 4.79 Å². The second kappa shape index (κ2) is 7.90. The number of carbonyl (C=O) groups excluding carboxylic acids is 1. The highest BCUT2D eigenvalue weighted by atomic mass is 16.5. The van der Waals surface area contributed by atoms with Gasteiger partial charge in [-0.25, -0.2) is 4.98 Å². The third-order valence-corrected chi connectivity index (χ3v) is 5.12. The number of imidazole rings is 1. The lowest BCUT2D eigenvalue weighted by Gasteiger charge is -2.34. The highest BCUT2D eigenvalue weighted by Gasteiger charge is 2.21. The van der Waals surface area contributed by atoms with Crippen LogP contribution in [0.4, 0.5) is 0 Å². The Morgan fingerprint density at radius 2 is 1.78 bits per heavy atom. The van der Waals surface area contributed by atoms with Crippen molar-refractivity contribution in [2.75, 3.05) is 46.4 Å². The lowest BCUT2D eigenvalue weighted by molar-refractivity contribution is 0.0594. The van der Waals surface area contributed by atoms with Crippen LogP contribution in [0.1, 0.15) is 10.4 Å². The predicted octanol–water partition coefficient (Wildman–Crippen LogP) is 2.43. The molecule has 0 unspecified atom stereocenters. The third kappa shape index (κ3) is 3.72. The summed E-state index contributed by atoms with van der Waals surface area (Å²) < 4.78 is 7.17. The largest absolute Gasteiger partial charge is 0.383 e. The first-order chi connectivity index (χ1) is 13.3. The van der Waals surface area contributed by atoms with E-state index in [0.29, 0.717) is 0 Å². The monoisotopic (exact) mass is 364 g/mol. The summed E-state index contributed by atoms with van der Waals surface area (Å²) in [5.41, 5.74) is 3.76. The van der Waals surface area contributed by atoms with Gasteiger partial charge in [-0.2, -0.15) is 0 Å². The van der Waals surface area contributed by atoms with Crippen LogP contribution in [0.2, 0.25) is 0 Å². The van der Waals surface area contributed by atoms with Gasteiger partial charge < -0.3 is 9.64 Å². The summed E-state index contributed by atoms with van der Waals surface area (Å²) in [6, 6.07) is 15.8. The first kappa shape index (κ1) is 17.7. The summed E-state index contributed by atoms with van der Waals surface area (Å²) >= 11 is 0. The van der Waals surface area contributed by atoms with E-state index in [0.717, 1.165) is 61.6 Å². The van der Waals surface area contributed by atoms with E-state index in [1.54, 1.807) is 7.11 Å². The van der Waals surface area contributed by atoms with Crippen LogP contribution in [0.5, 0.6) is 0 Å². The van der Waals surface area contributed by atoms with Crippen molar-refractivity contribution >= 4 is 16.9 Å². The standard InChI is InChI=1S/C21H24N4O2/c1-27-15-14-23-10-12-24(13-11-23)21(26)17-6-8-18(9-7-17)25-16-22-19-4-2-3-5-20(19)25/h2-9,16H,10-15H2,1H3. The van der Waals surface area contributed by atoms with Crippen LogP contribution in [0.3, 0.4) is 0 Å². The molecule has 0 atom stereocenters. The minimum absolute atomic E-state index is 0.100. The van der Waals surface area contributed by atoms with Crippen molar-refractivity contribution < 1.29 is 9.53 Å². The smallest absolute Gasteiger partial charge is 0.253 e. The molecule has 1 amide bonds. The molecule has 140 valence electrons. The van der Waals surface area contributed by atoms with E-state index in [1.165, 1.54) is 0 Å². The fourth-order valence-corrected chi connectivity index (χ4v) is 3.51. The number of carbonyl (C=O) groups is 1. The second-order valence-corrected chi connectivity index (χ2v) is 6.78. The van der Waals surface area contributed by atoms with Gasteiger partial charge in [-0.3, -0.25) is 14.3 Å². The van der Waals surface area contributed by atoms with Crippen LogP contribution in [0.25, 0.3) is 16.7 Å². The summed E-state index contributed by atoms with van der Waals surface area (Å²) in [4.78, 5) is 21.5. The number of amides is 1. The fourth-order valence-electron chi connectivity index (χ4n) is 3.51. The van der Waals surface area contributed by atoms with Crippen LogP contribution < -0.4 is 0 Å². The zero-order valence-corrected chi connectivity index (χ0v) is 15.5. The zero-order valence-electron chi connectivity index (χ0n) is 15.5. The summed E-state index contributed by atoms with van der Waals surface area (Å²) in [5.74, 6) is 0.100. The third-order valence-electron chi connectivity index (χ3n) is 5.12. The summed E-state index contributed by atoms with van der Waals surface area (Å²) in [6.07, 6.45) is 1.82. The van der Waals surface area contributed by atoms with Crippen LogP contribution in [0, 0.1) is 0 Å². The van der Waals surface area contributed by atoms with Gasteiger partial charge in [-0.05, 0) is 36.4 Å². The van der Waals surface area contributed by atoms with E-state index < -0.39 is 0 Å². The highest BCUT2D eigenvalue weighted by Crippen LogP contribution is 2.19. The predicted molar refractivity (Wildman–Crippen MR) is 105 cm³/mol. The van der Waals surface area contributed by atoms with Gasteiger partial charge in [0, 0.05) is 51.1 Å². The van der Waals surface area contributed by atoms with Crippen molar-refractivity contribution in [3.05, 3.63) is 60.4 Å². The van der Waals surface area contributed by atoms with Gasteiger partial charge in [0.05, 0.1) is 17.6 Å². The number of methoxy groups -OCH3 is 1. The zero-order chi connectivity index (χ0) is 18.6. The first-order valence-corrected chi connectivity index (χ1v) is 9.29. The van der Waals surface area contributed by atoms with Gasteiger partial charge in [0.15, 0.2) is 0 Å². The molecule has 6 nitrogen and oxygen atoms in total. The Kier molecular flexibility index (Phi) is 5.18. The Hall–Kier alpha value is -2.70. The number of benzene rings is 2. The summed E-state index contributed by atoms with van der Waals surface area (Å²) in [5, 5.41) is 0. The molecule has 0 aliphatic carbocycles. The number of piperazine rings is 1. The van der Waals surface area contributed by atoms with Crippen molar-refractivity contribution in [3.63, 3.8) is 0 Å². The number of para-hydroxylation sites is 2. The number of fused-ring (bicyclic) bond motifs is 1. The molecule has 0 bridgehead atoms. The van der Waals surface area contributed by atoms with E-state index >= 15 is 0 Å². The molecular formula is C21H24N4O2. The summed E-state index contributed by atoms with van der Waals surface area (Å²) in [6.45, 7) is 4.97. The topological polar surface area (TPSA) is 50.6 Å². The van der Waals surface area contributed by atoms with Crippen molar-refractivity contribution in [2.45, 2.75) is 0 Å². The maximum Gasteiger partial charge on any atom is 0.253 e. The molecule has 1 fully saturated rings. The maximum absolute atomic E-state index is 12.8. The second-order valence-electron chi connectivity index (χ2n) is 6.78. The average molecular weight is 364 g/mol. The molecule has 27 heavy (non-hydrogen) atoms. The molecule has 0 radical (unpaired) electrons. The fraction of sp³-hybridized carbons (Fsp3) is 0.333. The molecule has 0 spiro atoms. The minimum Gasteiger partial charge on any atom is -0.383 e. The molecule has 1 aliphatic rings. The van der Waals surface area contributed by atoms with E-state index in [4.69, 9.17) is 4.74 Å². The van der Waals surface area contributed by atoms with Gasteiger partial charge in [-0.15, -0.1) is 0 Å². The maximum atomic E-state index is 12.8. The Morgan fingerprint density at radius 1 is 1.04 bits per heavy atom. The number of aromatic nitrogens is 2. The Labute approximate surface area is 159 Å². The molecule has 1 saturated heterocycles. The number of hydrogen-bond donors (Lipinski definition) is 0. The Balaban J connectivity index is 1.44. The van der Waals surface area contributed by atoms with Crippen molar-refractivity contribution in [2.24, 2.45) is 0 Å². The van der Waals surface area contributed by atoms with Crippen LogP contribution in [-0.4, -0.2) is 71.7 Å². The number of nitrogens with zero attached hydrogens (tertiary/aromatic N) is 4. The van der Waals surface area contributed by atoms with Crippen molar-refractivity contribution in [3.8, 4) is 5.69 Å². The van der Waals surface area contributed by atoms with Gasteiger partial charge >= 0.3 is 0 Å².